The predicted octanol–water partition coefficient (Wildman–Crippen LogP) is 0.868. The highest BCUT2D eigenvalue weighted by Gasteiger charge is 2.26. The van der Waals surface area contributed by atoms with Crippen LogP contribution in [-0.4, -0.2) is 50.2 Å². The lowest BCUT2D eigenvalue weighted by Crippen LogP contribution is -2.29. The Morgan fingerprint density at radius 2 is 2.04 bits per heavy atom. The number of H-pyrrole nitrogens is 1. The number of aryl methyl sites for hydroxylation is 1. The van der Waals surface area contributed by atoms with Crippen LogP contribution in [-0.2, 0) is 0 Å². The van der Waals surface area contributed by atoms with Gasteiger partial charge in [0.25, 0.3) is 11.8 Å². The molecule has 0 spiro atoms. The van der Waals surface area contributed by atoms with Crippen LogP contribution < -0.4 is 5.32 Å². The molecule has 9 heteroatoms. The summed E-state index contributed by atoms with van der Waals surface area (Å²) < 4.78 is 0. The Kier molecular flexibility index (Phi) is 4.20. The molecule has 3 rings (SSSR count). The Morgan fingerprint density at radius 3 is 2.71 bits per heavy atom. The van der Waals surface area contributed by atoms with Crippen molar-refractivity contribution in [3.05, 3.63) is 34.8 Å². The van der Waals surface area contributed by atoms with Gasteiger partial charge in [-0.3, -0.25) is 9.59 Å². The number of nitriles is 1. The molecule has 2 amide bonds. The van der Waals surface area contributed by atoms with Gasteiger partial charge < -0.3 is 10.2 Å². The van der Waals surface area contributed by atoms with Crippen molar-refractivity contribution in [2.75, 3.05) is 18.4 Å². The van der Waals surface area contributed by atoms with Crippen molar-refractivity contribution in [1.29, 1.82) is 5.26 Å². The lowest BCUT2D eigenvalue weighted by atomic mass is 10.2. The van der Waals surface area contributed by atoms with Crippen molar-refractivity contribution in [3.63, 3.8) is 0 Å². The van der Waals surface area contributed by atoms with Gasteiger partial charge in [-0.25, -0.2) is 4.98 Å². The highest BCUT2D eigenvalue weighted by Crippen LogP contribution is 2.16. The van der Waals surface area contributed by atoms with Crippen molar-refractivity contribution in [2.24, 2.45) is 0 Å². The number of hydrogen-bond acceptors (Lipinski definition) is 6. The number of amides is 2. The van der Waals surface area contributed by atoms with Crippen LogP contribution in [0.1, 0.15) is 45.1 Å². The van der Waals surface area contributed by atoms with Gasteiger partial charge in [-0.1, -0.05) is 0 Å². The molecule has 1 fully saturated rings. The molecular weight excluding hydrogens is 310 g/mol. The number of aromatic amines is 1. The van der Waals surface area contributed by atoms with E-state index in [1.54, 1.807) is 11.8 Å². The lowest BCUT2D eigenvalue weighted by molar-refractivity contribution is 0.0788. The van der Waals surface area contributed by atoms with E-state index in [1.165, 1.54) is 12.1 Å². The van der Waals surface area contributed by atoms with E-state index in [9.17, 15) is 9.59 Å². The van der Waals surface area contributed by atoms with Crippen molar-refractivity contribution in [1.82, 2.24) is 25.3 Å². The van der Waals surface area contributed by atoms with Crippen molar-refractivity contribution in [3.8, 4) is 6.07 Å². The molecule has 1 saturated heterocycles. The van der Waals surface area contributed by atoms with Gasteiger partial charge in [0.2, 0.25) is 0 Å². The van der Waals surface area contributed by atoms with Crippen molar-refractivity contribution >= 4 is 17.6 Å². The van der Waals surface area contributed by atoms with E-state index in [-0.39, 0.29) is 23.1 Å². The molecule has 0 atom stereocenters. The number of anilines is 1. The summed E-state index contributed by atoms with van der Waals surface area (Å²) in [5, 5.41) is 21.5. The quantitative estimate of drug-likeness (QED) is 0.861. The molecule has 3 heterocycles. The molecular formula is C15H15N7O2. The zero-order valence-corrected chi connectivity index (χ0v) is 13.0. The average Bonchev–Trinajstić information content (AvgIpc) is 3.26. The van der Waals surface area contributed by atoms with Gasteiger partial charge >= 0.3 is 0 Å². The first-order valence-electron chi connectivity index (χ1n) is 7.49. The monoisotopic (exact) mass is 325 g/mol. The molecule has 0 bridgehead atoms. The van der Waals surface area contributed by atoms with Gasteiger partial charge in [0, 0.05) is 13.1 Å². The van der Waals surface area contributed by atoms with Gasteiger partial charge in [-0.15, -0.1) is 10.2 Å². The normalized spacial score (nSPS) is 13.6. The minimum absolute atomic E-state index is 0.0701. The maximum absolute atomic E-state index is 12.4. The highest BCUT2D eigenvalue weighted by atomic mass is 16.2. The van der Waals surface area contributed by atoms with Crippen LogP contribution >= 0.6 is 0 Å². The van der Waals surface area contributed by atoms with Gasteiger partial charge in [0.15, 0.2) is 11.5 Å². The van der Waals surface area contributed by atoms with E-state index in [0.29, 0.717) is 24.3 Å². The van der Waals surface area contributed by atoms with Crippen LogP contribution in [0, 0.1) is 18.3 Å². The zero-order chi connectivity index (χ0) is 17.1. The number of carbonyl (C=O) groups excluding carboxylic acids is 2. The van der Waals surface area contributed by atoms with Gasteiger partial charge in [0.1, 0.15) is 11.8 Å². The SMILES string of the molecule is Cc1nc(C(=O)Nc2n[nH]nc2C(=O)N2CCCC2)ccc1C#N. The molecule has 0 aliphatic carbocycles. The molecule has 0 unspecified atom stereocenters. The Hall–Kier alpha value is -3.28. The molecule has 0 aromatic carbocycles. The Bertz CT molecular complexity index is 831. The Morgan fingerprint density at radius 1 is 1.29 bits per heavy atom. The molecule has 2 aromatic rings. The summed E-state index contributed by atoms with van der Waals surface area (Å²) in [6.45, 7) is 3.00. The standard InChI is InChI=1S/C15H15N7O2/c1-9-10(8-16)4-5-11(17-9)14(23)18-13-12(19-21-20-13)15(24)22-6-2-3-7-22/h4-5H,2-3,6-7H2,1H3,(H2,18,19,20,21,23). The summed E-state index contributed by atoms with van der Waals surface area (Å²) in [5.74, 6) is -0.715. The second kappa shape index (κ2) is 6.45. The number of pyridine rings is 1. The molecule has 1 aliphatic rings. The Labute approximate surface area is 137 Å². The number of likely N-dealkylation sites (tertiary alicyclic amines) is 1. The molecule has 2 aromatic heterocycles. The van der Waals surface area contributed by atoms with Gasteiger partial charge in [-0.2, -0.15) is 10.5 Å². The van der Waals surface area contributed by atoms with Crippen LogP contribution in [0.4, 0.5) is 5.82 Å². The maximum Gasteiger partial charge on any atom is 0.278 e. The molecule has 9 nitrogen and oxygen atoms in total. The number of aromatic nitrogens is 4. The van der Waals surface area contributed by atoms with E-state index in [1.807, 2.05) is 6.07 Å². The summed E-state index contributed by atoms with van der Waals surface area (Å²) in [7, 11) is 0. The molecule has 2 N–H and O–H groups in total. The summed E-state index contributed by atoms with van der Waals surface area (Å²) in [6.07, 6.45) is 1.92. The number of carbonyl (C=O) groups is 2. The van der Waals surface area contributed by atoms with Gasteiger partial charge in [0.05, 0.1) is 11.3 Å². The van der Waals surface area contributed by atoms with Crippen molar-refractivity contribution < 1.29 is 9.59 Å². The van der Waals surface area contributed by atoms with Crippen LogP contribution in [0.5, 0.6) is 0 Å². The number of nitrogens with one attached hydrogen (secondary N) is 2. The van der Waals surface area contributed by atoms with Gasteiger partial charge in [-0.05, 0) is 31.9 Å². The van der Waals surface area contributed by atoms with Crippen LogP contribution in [0.3, 0.4) is 0 Å². The molecule has 122 valence electrons. The van der Waals surface area contributed by atoms with E-state index in [2.05, 4.69) is 25.7 Å². The average molecular weight is 325 g/mol. The fraction of sp³-hybridized carbons (Fsp3) is 0.333. The summed E-state index contributed by atoms with van der Waals surface area (Å²) in [5.41, 5.74) is 1.07. The number of rotatable bonds is 3. The first kappa shape index (κ1) is 15.6. The summed E-state index contributed by atoms with van der Waals surface area (Å²) in [6, 6.07) is 4.96. The largest absolute Gasteiger partial charge is 0.337 e. The Balaban J connectivity index is 1.78. The van der Waals surface area contributed by atoms with Crippen LogP contribution in [0.25, 0.3) is 0 Å². The predicted molar refractivity (Wildman–Crippen MR) is 83.2 cm³/mol. The lowest BCUT2D eigenvalue weighted by Gasteiger charge is -2.13. The van der Waals surface area contributed by atoms with E-state index in [4.69, 9.17) is 5.26 Å². The maximum atomic E-state index is 12.4. The highest BCUT2D eigenvalue weighted by molar-refractivity contribution is 6.06. The van der Waals surface area contributed by atoms with Crippen LogP contribution in [0.2, 0.25) is 0 Å². The minimum Gasteiger partial charge on any atom is -0.337 e. The fourth-order valence-electron chi connectivity index (χ4n) is 2.51. The summed E-state index contributed by atoms with van der Waals surface area (Å²) in [4.78, 5) is 30.4. The smallest absolute Gasteiger partial charge is 0.278 e. The topological polar surface area (TPSA) is 128 Å². The minimum atomic E-state index is -0.521. The third-order valence-corrected chi connectivity index (χ3v) is 3.81. The van der Waals surface area contributed by atoms with E-state index < -0.39 is 5.91 Å². The second-order valence-electron chi connectivity index (χ2n) is 5.42. The number of hydrogen-bond donors (Lipinski definition) is 2. The molecule has 0 saturated carbocycles. The van der Waals surface area contributed by atoms with Crippen LogP contribution in [0.15, 0.2) is 12.1 Å². The molecule has 0 radical (unpaired) electrons. The van der Waals surface area contributed by atoms with Crippen molar-refractivity contribution in [2.45, 2.75) is 19.8 Å². The fourth-order valence-corrected chi connectivity index (χ4v) is 2.51. The summed E-state index contributed by atoms with van der Waals surface area (Å²) >= 11 is 0. The first-order chi connectivity index (χ1) is 11.6. The zero-order valence-electron chi connectivity index (χ0n) is 13.0. The second-order valence-corrected chi connectivity index (χ2v) is 5.42. The third-order valence-electron chi connectivity index (χ3n) is 3.81. The van der Waals surface area contributed by atoms with E-state index >= 15 is 0 Å². The number of nitrogens with zero attached hydrogens (tertiary/aromatic N) is 5. The third kappa shape index (κ3) is 2.94. The van der Waals surface area contributed by atoms with E-state index in [0.717, 1.165) is 12.8 Å². The first-order valence-corrected chi connectivity index (χ1v) is 7.49. The molecule has 1 aliphatic heterocycles. The molecule has 24 heavy (non-hydrogen) atoms.